The molecule has 142 valence electrons. The third-order valence-electron chi connectivity index (χ3n) is 5.18. The maximum Gasteiger partial charge on any atom is 0.147 e. The first-order chi connectivity index (χ1) is 12.5. The van der Waals surface area contributed by atoms with Gasteiger partial charge in [0.15, 0.2) is 0 Å². The van der Waals surface area contributed by atoms with Crippen LogP contribution in [0.2, 0.25) is 0 Å². The van der Waals surface area contributed by atoms with Crippen LogP contribution in [0.15, 0.2) is 18.2 Å². The van der Waals surface area contributed by atoms with Gasteiger partial charge in [0.25, 0.3) is 0 Å². The van der Waals surface area contributed by atoms with Crippen LogP contribution in [0.1, 0.15) is 48.5 Å². The standard InChI is InChI=1S/C20H31N5O/c1-5-25-19(22-23-20(25)16-11-17(21)12-16)13-24(4)8-9-26-18-7-6-14(2)10-15(18)3/h6-7,10,16-17H,5,8-9,11-13,21H2,1-4H3. The summed E-state index contributed by atoms with van der Waals surface area (Å²) in [5.74, 6) is 3.56. The Bertz CT molecular complexity index is 736. The first-order valence-electron chi connectivity index (χ1n) is 9.54. The van der Waals surface area contributed by atoms with E-state index in [1.807, 2.05) is 6.07 Å². The lowest BCUT2D eigenvalue weighted by Gasteiger charge is -2.31. The molecule has 1 heterocycles. The minimum atomic E-state index is 0.329. The van der Waals surface area contributed by atoms with Crippen LogP contribution in [0.5, 0.6) is 5.75 Å². The Balaban J connectivity index is 1.52. The van der Waals surface area contributed by atoms with E-state index in [1.54, 1.807) is 0 Å². The number of hydrogen-bond donors (Lipinski definition) is 1. The van der Waals surface area contributed by atoms with E-state index in [0.29, 0.717) is 18.6 Å². The van der Waals surface area contributed by atoms with E-state index in [9.17, 15) is 0 Å². The monoisotopic (exact) mass is 357 g/mol. The molecule has 2 aromatic rings. The van der Waals surface area contributed by atoms with Crippen LogP contribution < -0.4 is 10.5 Å². The molecule has 0 bridgehead atoms. The van der Waals surface area contributed by atoms with Crippen molar-refractivity contribution >= 4 is 0 Å². The predicted octanol–water partition coefficient (Wildman–Crippen LogP) is 2.63. The minimum Gasteiger partial charge on any atom is -0.492 e. The Morgan fingerprint density at radius 1 is 1.27 bits per heavy atom. The first-order valence-corrected chi connectivity index (χ1v) is 9.54. The van der Waals surface area contributed by atoms with Crippen LogP contribution >= 0.6 is 0 Å². The molecule has 3 rings (SSSR count). The molecule has 0 spiro atoms. The zero-order chi connectivity index (χ0) is 18.7. The number of aromatic nitrogens is 3. The van der Waals surface area contributed by atoms with Crippen molar-refractivity contribution in [1.82, 2.24) is 19.7 Å². The predicted molar refractivity (Wildman–Crippen MR) is 103 cm³/mol. The average molecular weight is 358 g/mol. The van der Waals surface area contributed by atoms with E-state index in [2.05, 4.69) is 59.6 Å². The number of likely N-dealkylation sites (N-methyl/N-ethyl adjacent to an activating group) is 1. The fourth-order valence-electron chi connectivity index (χ4n) is 3.58. The zero-order valence-electron chi connectivity index (χ0n) is 16.4. The summed E-state index contributed by atoms with van der Waals surface area (Å²) in [4.78, 5) is 2.23. The third kappa shape index (κ3) is 4.24. The summed E-state index contributed by atoms with van der Waals surface area (Å²) in [5.41, 5.74) is 8.37. The SMILES string of the molecule is CCn1c(CN(C)CCOc2ccc(C)cc2C)nnc1C1CC(N)C1. The van der Waals surface area contributed by atoms with Gasteiger partial charge in [0, 0.05) is 25.0 Å². The number of nitrogens with two attached hydrogens (primary N) is 1. The van der Waals surface area contributed by atoms with Gasteiger partial charge in [0.1, 0.15) is 24.0 Å². The molecule has 6 heteroatoms. The van der Waals surface area contributed by atoms with Gasteiger partial charge in [-0.1, -0.05) is 17.7 Å². The van der Waals surface area contributed by atoms with Crippen LogP contribution in [0.4, 0.5) is 0 Å². The molecule has 0 atom stereocenters. The molecule has 1 aromatic carbocycles. The fourth-order valence-corrected chi connectivity index (χ4v) is 3.58. The highest BCUT2D eigenvalue weighted by atomic mass is 16.5. The second kappa shape index (κ2) is 8.18. The molecule has 1 aliphatic carbocycles. The summed E-state index contributed by atoms with van der Waals surface area (Å²) >= 11 is 0. The number of benzene rings is 1. The smallest absolute Gasteiger partial charge is 0.147 e. The lowest BCUT2D eigenvalue weighted by molar-refractivity contribution is 0.226. The zero-order valence-corrected chi connectivity index (χ0v) is 16.4. The average Bonchev–Trinajstić information content (AvgIpc) is 2.96. The molecule has 0 radical (unpaired) electrons. The molecular formula is C20H31N5O. The van der Waals surface area contributed by atoms with E-state index in [0.717, 1.165) is 49.9 Å². The highest BCUT2D eigenvalue weighted by molar-refractivity contribution is 5.35. The summed E-state index contributed by atoms with van der Waals surface area (Å²) in [5, 5.41) is 8.88. The summed E-state index contributed by atoms with van der Waals surface area (Å²) < 4.78 is 8.19. The van der Waals surface area contributed by atoms with Crippen LogP contribution in [0.3, 0.4) is 0 Å². The van der Waals surface area contributed by atoms with Crippen LogP contribution in [-0.2, 0) is 13.1 Å². The largest absolute Gasteiger partial charge is 0.492 e. The van der Waals surface area contributed by atoms with Gasteiger partial charge < -0.3 is 15.0 Å². The van der Waals surface area contributed by atoms with Gasteiger partial charge in [-0.3, -0.25) is 4.90 Å². The van der Waals surface area contributed by atoms with Crippen molar-refractivity contribution in [3.8, 4) is 5.75 Å². The quantitative estimate of drug-likeness (QED) is 0.786. The second-order valence-corrected chi connectivity index (χ2v) is 7.50. The molecular weight excluding hydrogens is 326 g/mol. The van der Waals surface area contributed by atoms with E-state index >= 15 is 0 Å². The Morgan fingerprint density at radius 2 is 2.04 bits per heavy atom. The number of hydrogen-bond acceptors (Lipinski definition) is 5. The fraction of sp³-hybridized carbons (Fsp3) is 0.600. The van der Waals surface area contributed by atoms with Crippen molar-refractivity contribution in [3.63, 3.8) is 0 Å². The van der Waals surface area contributed by atoms with E-state index in [4.69, 9.17) is 10.5 Å². The molecule has 2 N–H and O–H groups in total. The van der Waals surface area contributed by atoms with Gasteiger partial charge in [-0.05, 0) is 52.3 Å². The van der Waals surface area contributed by atoms with E-state index in [1.165, 1.54) is 11.1 Å². The van der Waals surface area contributed by atoms with Crippen LogP contribution in [0.25, 0.3) is 0 Å². The summed E-state index contributed by atoms with van der Waals surface area (Å²) in [7, 11) is 2.10. The molecule has 0 aliphatic heterocycles. The Labute approximate surface area is 156 Å². The van der Waals surface area contributed by atoms with Gasteiger partial charge in [-0.15, -0.1) is 10.2 Å². The number of ether oxygens (including phenoxy) is 1. The first kappa shape index (κ1) is 18.9. The van der Waals surface area contributed by atoms with Crippen molar-refractivity contribution < 1.29 is 4.74 Å². The van der Waals surface area contributed by atoms with Gasteiger partial charge in [-0.2, -0.15) is 0 Å². The summed E-state index contributed by atoms with van der Waals surface area (Å²) in [6.07, 6.45) is 2.05. The van der Waals surface area contributed by atoms with Gasteiger partial charge >= 0.3 is 0 Å². The van der Waals surface area contributed by atoms with Crippen molar-refractivity contribution in [3.05, 3.63) is 41.0 Å². The van der Waals surface area contributed by atoms with Crippen LogP contribution in [-0.4, -0.2) is 45.9 Å². The molecule has 1 fully saturated rings. The van der Waals surface area contributed by atoms with E-state index in [-0.39, 0.29) is 0 Å². The Kier molecular flexibility index (Phi) is 5.94. The molecule has 1 aliphatic rings. The highest BCUT2D eigenvalue weighted by Crippen LogP contribution is 2.34. The molecule has 6 nitrogen and oxygen atoms in total. The highest BCUT2D eigenvalue weighted by Gasteiger charge is 2.32. The molecule has 0 saturated heterocycles. The maximum absolute atomic E-state index is 5.94. The van der Waals surface area contributed by atoms with Crippen molar-refractivity contribution in [2.24, 2.45) is 5.73 Å². The van der Waals surface area contributed by atoms with E-state index < -0.39 is 0 Å². The third-order valence-corrected chi connectivity index (χ3v) is 5.18. The van der Waals surface area contributed by atoms with Gasteiger partial charge in [-0.25, -0.2) is 0 Å². The molecule has 1 saturated carbocycles. The normalized spacial score (nSPS) is 19.6. The van der Waals surface area contributed by atoms with Crippen LogP contribution in [0, 0.1) is 13.8 Å². The summed E-state index contributed by atoms with van der Waals surface area (Å²) in [6.45, 7) is 9.51. The van der Waals surface area contributed by atoms with Crippen molar-refractivity contribution in [2.45, 2.75) is 58.7 Å². The lowest BCUT2D eigenvalue weighted by atomic mass is 9.80. The molecule has 26 heavy (non-hydrogen) atoms. The number of nitrogens with zero attached hydrogens (tertiary/aromatic N) is 4. The molecule has 1 aromatic heterocycles. The topological polar surface area (TPSA) is 69.2 Å². The lowest BCUT2D eigenvalue weighted by Crippen LogP contribution is -2.36. The Hall–Kier alpha value is -1.92. The molecule has 0 amide bonds. The molecule has 0 unspecified atom stereocenters. The van der Waals surface area contributed by atoms with Gasteiger partial charge in [0.05, 0.1) is 6.54 Å². The Morgan fingerprint density at radius 3 is 2.69 bits per heavy atom. The number of rotatable bonds is 8. The van der Waals surface area contributed by atoms with Gasteiger partial charge in [0.2, 0.25) is 0 Å². The maximum atomic E-state index is 5.94. The second-order valence-electron chi connectivity index (χ2n) is 7.50. The van der Waals surface area contributed by atoms with Crippen molar-refractivity contribution in [1.29, 1.82) is 0 Å². The van der Waals surface area contributed by atoms with Crippen molar-refractivity contribution in [2.75, 3.05) is 20.2 Å². The number of aryl methyl sites for hydroxylation is 2. The summed E-state index contributed by atoms with van der Waals surface area (Å²) in [6, 6.07) is 6.62. The minimum absolute atomic E-state index is 0.329.